The monoisotopic (exact) mass is 837 g/mol. The number of carbonyl (C=O) groups excluding carboxylic acids is 4. The number of pyridine rings is 1. The molecular formula is C42H52ClN5O9S. The maximum atomic E-state index is 15.2. The van der Waals surface area contributed by atoms with Crippen molar-refractivity contribution >= 4 is 61.9 Å². The molecule has 1 unspecified atom stereocenters. The van der Waals surface area contributed by atoms with E-state index in [4.69, 9.17) is 25.8 Å². The second-order valence-electron chi connectivity index (χ2n) is 17.4. The lowest BCUT2D eigenvalue weighted by Crippen LogP contribution is -2.64. The largest absolute Gasteiger partial charge is 0.494 e. The Balaban J connectivity index is 1.34. The van der Waals surface area contributed by atoms with Crippen LogP contribution in [-0.2, 0) is 24.3 Å². The van der Waals surface area contributed by atoms with Crippen LogP contribution in [0.25, 0.3) is 10.8 Å². The maximum Gasteiger partial charge on any atom is 0.338 e. The minimum atomic E-state index is -4.06. The van der Waals surface area contributed by atoms with E-state index in [1.165, 1.54) is 18.1 Å². The number of fused-ring (bicyclic) bond motifs is 1. The number of nitrogens with one attached hydrogen (secondary N) is 2. The summed E-state index contributed by atoms with van der Waals surface area (Å²) in [5.74, 6) is -2.15. The van der Waals surface area contributed by atoms with Gasteiger partial charge >= 0.3 is 12.0 Å². The molecule has 58 heavy (non-hydrogen) atoms. The topological polar surface area (TPSA) is 174 Å². The van der Waals surface area contributed by atoms with E-state index in [9.17, 15) is 18.0 Å². The normalized spacial score (nSPS) is 22.4. The van der Waals surface area contributed by atoms with Crippen LogP contribution in [0.2, 0.25) is 5.02 Å². The molecule has 1 saturated heterocycles. The van der Waals surface area contributed by atoms with E-state index in [0.29, 0.717) is 46.7 Å². The van der Waals surface area contributed by atoms with Crippen molar-refractivity contribution in [3.63, 3.8) is 0 Å². The van der Waals surface area contributed by atoms with Crippen LogP contribution in [0.1, 0.15) is 84.5 Å². The molecule has 0 radical (unpaired) electrons. The number of methoxy groups -OCH3 is 1. The van der Waals surface area contributed by atoms with Gasteiger partial charge in [0.05, 0.1) is 30.7 Å². The average Bonchev–Trinajstić information content (AvgIpc) is 4.07. The lowest BCUT2D eigenvalue weighted by atomic mass is 9.85. The van der Waals surface area contributed by atoms with Crippen molar-refractivity contribution in [3.05, 3.63) is 71.9 Å². The van der Waals surface area contributed by atoms with Crippen LogP contribution in [0, 0.1) is 11.3 Å². The first-order valence-corrected chi connectivity index (χ1v) is 21.2. The van der Waals surface area contributed by atoms with Crippen molar-refractivity contribution in [3.8, 4) is 11.6 Å². The van der Waals surface area contributed by atoms with Gasteiger partial charge in [0, 0.05) is 39.9 Å². The van der Waals surface area contributed by atoms with E-state index in [2.05, 4.69) is 21.6 Å². The van der Waals surface area contributed by atoms with E-state index in [1.807, 2.05) is 27.7 Å². The SMILES string of the molecule is C=C[C@@H]1C[C@@]1(C(=O)NS(=O)(=O)C1CC1)N(C(=O)[C@@H](Nc1ccc(C(=O)OC(C)(C)C)cc1)C(C)(C)C)C(=O)N1C[C@H](Oc2ncc(OC)c3ccc(Cl)cc23)CC1C. The highest BCUT2D eigenvalue weighted by Crippen LogP contribution is 2.52. The fourth-order valence-electron chi connectivity index (χ4n) is 7.34. The highest BCUT2D eigenvalue weighted by Gasteiger charge is 2.68. The molecular weight excluding hydrogens is 786 g/mol. The second kappa shape index (κ2) is 15.7. The smallest absolute Gasteiger partial charge is 0.338 e. The van der Waals surface area contributed by atoms with Crippen LogP contribution < -0.4 is 19.5 Å². The fourth-order valence-corrected chi connectivity index (χ4v) is 8.87. The Kier molecular flexibility index (Phi) is 11.6. The summed E-state index contributed by atoms with van der Waals surface area (Å²) in [6, 6.07) is 9.26. The van der Waals surface area contributed by atoms with Crippen LogP contribution in [-0.4, -0.2) is 95.2 Å². The van der Waals surface area contributed by atoms with Crippen LogP contribution in [0.5, 0.6) is 11.6 Å². The molecule has 1 aromatic heterocycles. The summed E-state index contributed by atoms with van der Waals surface area (Å²) in [6.45, 7) is 16.4. The van der Waals surface area contributed by atoms with Gasteiger partial charge in [0.25, 0.3) is 11.8 Å². The first kappa shape index (κ1) is 42.7. The quantitative estimate of drug-likeness (QED) is 0.146. The summed E-state index contributed by atoms with van der Waals surface area (Å²) in [4.78, 5) is 64.3. The first-order chi connectivity index (χ1) is 27.1. The summed E-state index contributed by atoms with van der Waals surface area (Å²) in [5.41, 5.74) is -2.68. The van der Waals surface area contributed by atoms with Gasteiger partial charge < -0.3 is 24.4 Å². The summed E-state index contributed by atoms with van der Waals surface area (Å²) < 4.78 is 45.9. The van der Waals surface area contributed by atoms with Crippen molar-refractivity contribution in [2.75, 3.05) is 19.0 Å². The molecule has 16 heteroatoms. The predicted octanol–water partition coefficient (Wildman–Crippen LogP) is 6.72. The zero-order chi connectivity index (χ0) is 42.5. The molecule has 2 N–H and O–H groups in total. The Labute approximate surface area is 344 Å². The lowest BCUT2D eigenvalue weighted by Gasteiger charge is -2.40. The number of halogens is 1. The lowest BCUT2D eigenvalue weighted by molar-refractivity contribution is -0.141. The van der Waals surface area contributed by atoms with Gasteiger partial charge in [-0.3, -0.25) is 14.3 Å². The number of rotatable bonds is 12. The van der Waals surface area contributed by atoms with Crippen molar-refractivity contribution in [2.24, 2.45) is 11.3 Å². The van der Waals surface area contributed by atoms with Crippen molar-refractivity contribution in [1.82, 2.24) is 19.5 Å². The van der Waals surface area contributed by atoms with E-state index < -0.39 is 79.7 Å². The van der Waals surface area contributed by atoms with Gasteiger partial charge in [0.15, 0.2) is 0 Å². The molecule has 2 heterocycles. The van der Waals surface area contributed by atoms with E-state index in [1.54, 1.807) is 69.4 Å². The van der Waals surface area contributed by atoms with Crippen LogP contribution in [0.15, 0.2) is 61.3 Å². The van der Waals surface area contributed by atoms with Crippen molar-refractivity contribution in [1.29, 1.82) is 0 Å². The zero-order valence-corrected chi connectivity index (χ0v) is 35.7. The highest BCUT2D eigenvalue weighted by molar-refractivity contribution is 7.91. The van der Waals surface area contributed by atoms with Crippen molar-refractivity contribution in [2.45, 2.75) is 109 Å². The number of urea groups is 1. The van der Waals surface area contributed by atoms with Gasteiger partial charge in [0.2, 0.25) is 15.9 Å². The number of carbonyl (C=O) groups is 4. The summed E-state index contributed by atoms with van der Waals surface area (Å²) in [5, 5.41) is 4.32. The third-order valence-electron chi connectivity index (χ3n) is 10.7. The van der Waals surface area contributed by atoms with Crippen LogP contribution >= 0.6 is 11.6 Å². The molecule has 0 spiro atoms. The number of esters is 1. The summed E-state index contributed by atoms with van der Waals surface area (Å²) in [6.07, 6.45) is 3.58. The Hall–Kier alpha value is -4.89. The number of likely N-dealkylation sites (tertiary alicyclic amines) is 1. The molecule has 3 fully saturated rings. The van der Waals surface area contributed by atoms with E-state index in [-0.39, 0.29) is 18.8 Å². The van der Waals surface area contributed by atoms with Gasteiger partial charge in [-0.1, -0.05) is 38.4 Å². The third kappa shape index (κ3) is 8.75. The number of benzene rings is 2. The molecule has 2 aromatic carbocycles. The van der Waals surface area contributed by atoms with Gasteiger partial charge in [-0.25, -0.2) is 27.9 Å². The Bertz CT molecular complexity index is 2230. The molecule has 3 aromatic rings. The first-order valence-electron chi connectivity index (χ1n) is 19.3. The second-order valence-corrected chi connectivity index (χ2v) is 19.8. The number of aromatic nitrogens is 1. The minimum absolute atomic E-state index is 0.0217. The van der Waals surface area contributed by atoms with Gasteiger partial charge in [-0.2, -0.15) is 0 Å². The third-order valence-corrected chi connectivity index (χ3v) is 12.7. The number of ether oxygens (including phenoxy) is 3. The van der Waals surface area contributed by atoms with Gasteiger partial charge in [-0.15, -0.1) is 6.58 Å². The summed E-state index contributed by atoms with van der Waals surface area (Å²) in [7, 11) is -2.52. The molecule has 6 rings (SSSR count). The van der Waals surface area contributed by atoms with Gasteiger partial charge in [0.1, 0.15) is 29.0 Å². The molecule has 14 nitrogen and oxygen atoms in total. The number of nitrogens with zero attached hydrogens (tertiary/aromatic N) is 3. The number of imide groups is 1. The standard InChI is InChI=1S/C42H52ClN5O9S/c1-10-26-21-42(26,38(51)46-58(53,54)30-16-17-30)48(36(49)34(40(3,4)5)45-28-14-11-25(12-15-28)37(50)57-41(6,7)8)39(52)47-23-29(19-24(47)2)56-35-32-20-27(43)13-18-31(32)33(55-9)22-44-35/h10-15,18,20,22,24,26,29-30,34,45H,1,16-17,19,21,23H2,2-9H3,(H,46,51)/t24?,26-,29-,34-,42-/m1/s1. The number of hydrogen-bond acceptors (Lipinski definition) is 11. The highest BCUT2D eigenvalue weighted by atomic mass is 35.5. The summed E-state index contributed by atoms with van der Waals surface area (Å²) >= 11 is 6.35. The number of amides is 4. The molecule has 2 saturated carbocycles. The molecule has 3 aliphatic rings. The van der Waals surface area contributed by atoms with E-state index in [0.717, 1.165) is 10.3 Å². The molecule has 2 aliphatic carbocycles. The minimum Gasteiger partial charge on any atom is -0.494 e. The molecule has 1 aliphatic heterocycles. The maximum absolute atomic E-state index is 15.2. The average molecular weight is 838 g/mol. The molecule has 4 amide bonds. The predicted molar refractivity (Wildman–Crippen MR) is 220 cm³/mol. The van der Waals surface area contributed by atoms with E-state index >= 15 is 9.59 Å². The Morgan fingerprint density at radius 2 is 1.72 bits per heavy atom. The zero-order valence-electron chi connectivity index (χ0n) is 34.1. The molecule has 0 bridgehead atoms. The van der Waals surface area contributed by atoms with Gasteiger partial charge in [-0.05, 0) is 94.8 Å². The van der Waals surface area contributed by atoms with Crippen LogP contribution in [0.4, 0.5) is 10.5 Å². The molecule has 5 atom stereocenters. The molecule has 312 valence electrons. The Morgan fingerprint density at radius 1 is 1.05 bits per heavy atom. The number of sulfonamides is 1. The fraction of sp³-hybridized carbons (Fsp3) is 0.500. The van der Waals surface area contributed by atoms with Crippen LogP contribution in [0.3, 0.4) is 0 Å². The number of anilines is 1. The number of hydrogen-bond donors (Lipinski definition) is 2. The Morgan fingerprint density at radius 3 is 2.29 bits per heavy atom. The van der Waals surface area contributed by atoms with Crippen molar-refractivity contribution < 1.29 is 41.8 Å².